The van der Waals surface area contributed by atoms with E-state index in [1.807, 2.05) is 48.5 Å². The topological polar surface area (TPSA) is 30.1 Å². The van der Waals surface area contributed by atoms with Crippen molar-refractivity contribution < 1.29 is 0 Å². The van der Waals surface area contributed by atoms with E-state index in [0.29, 0.717) is 11.5 Å². The van der Waals surface area contributed by atoms with Crippen LogP contribution in [0.4, 0.5) is 5.69 Å². The summed E-state index contributed by atoms with van der Waals surface area (Å²) in [4.78, 5) is 14.1. The summed E-state index contributed by atoms with van der Waals surface area (Å²) in [6.07, 6.45) is 0. The van der Waals surface area contributed by atoms with Crippen molar-refractivity contribution in [2.45, 2.75) is 0 Å². The van der Waals surface area contributed by atoms with E-state index in [1.54, 1.807) is 0 Å². The molecule has 3 nitrogen and oxygen atoms in total. The predicted molar refractivity (Wildman–Crippen MR) is 276 cm³/mol. The van der Waals surface area contributed by atoms with E-state index >= 15 is 0 Å². The van der Waals surface area contributed by atoms with Crippen molar-refractivity contribution in [3.63, 3.8) is 0 Å². The van der Waals surface area contributed by atoms with Gasteiger partial charge in [0.25, 0.3) is 0 Å². The summed E-state index contributed by atoms with van der Waals surface area (Å²) in [5, 5.41) is 9.76. The van der Waals surface area contributed by atoms with Gasteiger partial charge in [-0.05, 0) is 93.7 Å². The number of fused-ring (bicyclic) bond motifs is 5. The third kappa shape index (κ3) is 6.68. The lowest BCUT2D eigenvalue weighted by Gasteiger charge is -2.19. The molecular weight excluding hydrogens is 799 g/mol. The molecule has 12 aromatic rings. The van der Waals surface area contributed by atoms with Crippen molar-refractivity contribution in [2.75, 3.05) is 0 Å². The SMILES string of the molecule is [C-]#[N+]c1ccc(-c2ccccc2-c2cc(-c3ccc(-c4ccc(-c5c6ccccc6c(-c6ccccc6)c6c5ccc5ccccc56)cc4)c4ccccc34)nc(-c3ccccc3)n2)cc1. The van der Waals surface area contributed by atoms with Gasteiger partial charge in [0.15, 0.2) is 11.5 Å². The minimum absolute atomic E-state index is 0.614. The molecule has 0 N–H and O–H groups in total. The Bertz CT molecular complexity index is 3850. The first-order valence-electron chi connectivity index (χ1n) is 22.3. The van der Waals surface area contributed by atoms with Crippen LogP contribution >= 0.6 is 0 Å². The Labute approximate surface area is 383 Å². The first-order valence-corrected chi connectivity index (χ1v) is 22.3. The van der Waals surface area contributed by atoms with Gasteiger partial charge in [-0.2, -0.15) is 0 Å². The van der Waals surface area contributed by atoms with Gasteiger partial charge < -0.3 is 0 Å². The molecular formula is C63H39N3. The van der Waals surface area contributed by atoms with Crippen molar-refractivity contribution in [1.29, 1.82) is 0 Å². The van der Waals surface area contributed by atoms with Crippen molar-refractivity contribution >= 4 is 48.8 Å². The van der Waals surface area contributed by atoms with E-state index in [2.05, 4.69) is 193 Å². The monoisotopic (exact) mass is 837 g/mol. The first-order chi connectivity index (χ1) is 32.7. The number of benzene rings is 11. The van der Waals surface area contributed by atoms with Gasteiger partial charge >= 0.3 is 0 Å². The van der Waals surface area contributed by atoms with Gasteiger partial charge in [0.05, 0.1) is 18.0 Å². The standard InChI is InChI=1S/C63H39N3/c1-64-47-35-32-43(33-36-47)48-21-10-13-25-53(48)58-40-59(66-63(65-58)46-19-6-3-7-20-46)54-39-38-49(51-23-11-12-24-52(51)54)42-28-30-45(31-29-42)60-55-26-14-15-27-56(55)61(44-17-4-2-5-18-44)62-50-22-9-8-16-41(50)34-37-57(60)62/h2-40H. The first kappa shape index (κ1) is 38.7. The highest BCUT2D eigenvalue weighted by atomic mass is 14.9. The maximum absolute atomic E-state index is 7.47. The van der Waals surface area contributed by atoms with E-state index in [4.69, 9.17) is 16.5 Å². The second kappa shape index (κ2) is 16.3. The highest BCUT2D eigenvalue weighted by molar-refractivity contribution is 6.28. The Morgan fingerprint density at radius 1 is 0.303 bits per heavy atom. The molecule has 11 aromatic carbocycles. The fourth-order valence-corrected chi connectivity index (χ4v) is 9.87. The van der Waals surface area contributed by atoms with Gasteiger partial charge in [0.1, 0.15) is 0 Å². The van der Waals surface area contributed by atoms with Gasteiger partial charge in [-0.3, -0.25) is 0 Å². The third-order valence-corrected chi connectivity index (χ3v) is 12.9. The quantitative estimate of drug-likeness (QED) is 0.0909. The van der Waals surface area contributed by atoms with Gasteiger partial charge in [-0.25, -0.2) is 14.8 Å². The Morgan fingerprint density at radius 2 is 0.788 bits per heavy atom. The van der Waals surface area contributed by atoms with Gasteiger partial charge in [-0.15, -0.1) is 0 Å². The number of nitrogens with zero attached hydrogens (tertiary/aromatic N) is 3. The smallest absolute Gasteiger partial charge is 0.187 e. The molecule has 0 atom stereocenters. The summed E-state index contributed by atoms with van der Waals surface area (Å²) in [7, 11) is 0. The Balaban J connectivity index is 1.000. The van der Waals surface area contributed by atoms with Crippen LogP contribution in [0.5, 0.6) is 0 Å². The van der Waals surface area contributed by atoms with E-state index in [0.717, 1.165) is 61.1 Å². The highest BCUT2D eigenvalue weighted by Crippen LogP contribution is 2.47. The fraction of sp³-hybridized carbons (Fsp3) is 0. The van der Waals surface area contributed by atoms with Crippen molar-refractivity contribution in [2.24, 2.45) is 0 Å². The molecule has 0 amide bonds. The normalized spacial score (nSPS) is 11.3. The summed E-state index contributed by atoms with van der Waals surface area (Å²) in [6, 6.07) is 83.8. The van der Waals surface area contributed by atoms with Crippen molar-refractivity contribution in [3.05, 3.63) is 248 Å². The lowest BCUT2D eigenvalue weighted by atomic mass is 9.83. The van der Waals surface area contributed by atoms with Crippen LogP contribution in [-0.2, 0) is 0 Å². The highest BCUT2D eigenvalue weighted by Gasteiger charge is 2.20. The van der Waals surface area contributed by atoms with Crippen LogP contribution in [0, 0.1) is 6.57 Å². The molecule has 0 aliphatic rings. The minimum atomic E-state index is 0.614. The molecule has 0 fully saturated rings. The van der Waals surface area contributed by atoms with Gasteiger partial charge in [0.2, 0.25) is 0 Å². The molecule has 12 rings (SSSR count). The number of hydrogen-bond donors (Lipinski definition) is 0. The lowest BCUT2D eigenvalue weighted by Crippen LogP contribution is -1.97. The summed E-state index contributed by atoms with van der Waals surface area (Å²) < 4.78 is 0. The van der Waals surface area contributed by atoms with Crippen molar-refractivity contribution in [1.82, 2.24) is 9.97 Å². The maximum atomic E-state index is 7.47. The third-order valence-electron chi connectivity index (χ3n) is 12.9. The summed E-state index contributed by atoms with van der Waals surface area (Å²) in [5.74, 6) is 0.662. The molecule has 306 valence electrons. The van der Waals surface area contributed by atoms with Crippen LogP contribution in [0.3, 0.4) is 0 Å². The predicted octanol–water partition coefficient (Wildman–Crippen LogP) is 17.3. The molecule has 0 saturated heterocycles. The zero-order valence-electron chi connectivity index (χ0n) is 35.9. The molecule has 3 heteroatoms. The van der Waals surface area contributed by atoms with Crippen LogP contribution in [0.25, 0.3) is 126 Å². The average Bonchev–Trinajstić information content (AvgIpc) is 3.40. The Kier molecular flexibility index (Phi) is 9.55. The molecule has 0 bridgehead atoms. The second-order valence-corrected chi connectivity index (χ2v) is 16.7. The van der Waals surface area contributed by atoms with Crippen molar-refractivity contribution in [3.8, 4) is 78.4 Å². The van der Waals surface area contributed by atoms with Gasteiger partial charge in [-0.1, -0.05) is 231 Å². The Hall–Kier alpha value is -8.97. The van der Waals surface area contributed by atoms with Gasteiger partial charge in [0, 0.05) is 16.7 Å². The van der Waals surface area contributed by atoms with E-state index < -0.39 is 0 Å². The molecule has 1 heterocycles. The maximum Gasteiger partial charge on any atom is 0.187 e. The molecule has 0 aliphatic carbocycles. The summed E-state index contributed by atoms with van der Waals surface area (Å²) in [6.45, 7) is 7.47. The lowest BCUT2D eigenvalue weighted by molar-refractivity contribution is 1.19. The van der Waals surface area contributed by atoms with Crippen LogP contribution in [0.15, 0.2) is 237 Å². The van der Waals surface area contributed by atoms with E-state index in [1.165, 1.54) is 54.6 Å². The molecule has 0 spiro atoms. The minimum Gasteiger partial charge on any atom is -0.238 e. The molecule has 0 saturated carbocycles. The number of rotatable bonds is 7. The second-order valence-electron chi connectivity index (χ2n) is 16.7. The van der Waals surface area contributed by atoms with Crippen LogP contribution in [-0.4, -0.2) is 9.97 Å². The van der Waals surface area contributed by atoms with Crippen LogP contribution in [0.2, 0.25) is 0 Å². The molecule has 66 heavy (non-hydrogen) atoms. The number of aromatic nitrogens is 2. The zero-order valence-corrected chi connectivity index (χ0v) is 35.9. The van der Waals surface area contributed by atoms with E-state index in [9.17, 15) is 0 Å². The molecule has 0 aliphatic heterocycles. The Morgan fingerprint density at radius 3 is 1.48 bits per heavy atom. The van der Waals surface area contributed by atoms with Crippen LogP contribution in [0.1, 0.15) is 0 Å². The average molecular weight is 838 g/mol. The zero-order chi connectivity index (χ0) is 44.0. The molecule has 0 radical (unpaired) electrons. The van der Waals surface area contributed by atoms with E-state index in [-0.39, 0.29) is 0 Å². The largest absolute Gasteiger partial charge is 0.238 e. The summed E-state index contributed by atoms with van der Waals surface area (Å²) in [5.41, 5.74) is 14.6. The number of hydrogen-bond acceptors (Lipinski definition) is 2. The fourth-order valence-electron chi connectivity index (χ4n) is 9.87. The summed E-state index contributed by atoms with van der Waals surface area (Å²) >= 11 is 0. The molecule has 1 aromatic heterocycles. The molecule has 0 unspecified atom stereocenters. The van der Waals surface area contributed by atoms with Crippen LogP contribution < -0.4 is 0 Å².